The predicted octanol–water partition coefficient (Wildman–Crippen LogP) is 11.2. The second-order valence-electron chi connectivity index (χ2n) is 12.2. The lowest BCUT2D eigenvalue weighted by Gasteiger charge is -2.22. The number of allylic oxidation sites excluding steroid dienone is 2. The van der Waals surface area contributed by atoms with Crippen LogP contribution in [0.1, 0.15) is 81.8 Å². The van der Waals surface area contributed by atoms with Gasteiger partial charge in [-0.1, -0.05) is 124 Å². The standard InChI is InChI=1S/C26H29N.C8H10.C4H8/c1-17-7-13-21-22-14-12-20(16-24(22)26(5,6)23(21)15-17)27-19-10-8-18(9-11-19)25(2,3)4;1-7-3-5-8(2)6-4-7;1-3-4-2/h7-16,27H,1-6H3;3-6H,1-2H3;3-4H,1-2H3/b;;4-3-. The third kappa shape index (κ3) is 7.51. The second kappa shape index (κ2) is 12.5. The van der Waals surface area contributed by atoms with E-state index in [0.29, 0.717) is 0 Å². The Morgan fingerprint density at radius 3 is 1.49 bits per heavy atom. The van der Waals surface area contributed by atoms with Crippen molar-refractivity contribution in [1.29, 1.82) is 0 Å². The molecule has 0 unspecified atom stereocenters. The van der Waals surface area contributed by atoms with Gasteiger partial charge in [-0.2, -0.15) is 0 Å². The maximum Gasteiger partial charge on any atom is 0.0387 e. The van der Waals surface area contributed by atoms with Gasteiger partial charge in [0.25, 0.3) is 0 Å². The lowest BCUT2D eigenvalue weighted by molar-refractivity contribution is 0.590. The van der Waals surface area contributed by atoms with Crippen molar-refractivity contribution >= 4 is 11.4 Å². The summed E-state index contributed by atoms with van der Waals surface area (Å²) in [4.78, 5) is 0. The van der Waals surface area contributed by atoms with E-state index in [9.17, 15) is 0 Å². The lowest BCUT2D eigenvalue weighted by atomic mass is 9.82. The smallest absolute Gasteiger partial charge is 0.0387 e. The first-order valence-corrected chi connectivity index (χ1v) is 14.1. The highest BCUT2D eigenvalue weighted by Crippen LogP contribution is 2.49. The molecule has 0 fully saturated rings. The largest absolute Gasteiger partial charge is 0.356 e. The van der Waals surface area contributed by atoms with E-state index in [-0.39, 0.29) is 10.8 Å². The Morgan fingerprint density at radius 1 is 0.564 bits per heavy atom. The molecule has 0 saturated carbocycles. The molecule has 0 aliphatic heterocycles. The highest BCUT2D eigenvalue weighted by atomic mass is 14.9. The number of anilines is 2. The highest BCUT2D eigenvalue weighted by molar-refractivity contribution is 5.83. The Bertz CT molecular complexity index is 1370. The predicted molar refractivity (Wildman–Crippen MR) is 174 cm³/mol. The van der Waals surface area contributed by atoms with Gasteiger partial charge in [0.2, 0.25) is 0 Å². The maximum atomic E-state index is 3.59. The van der Waals surface area contributed by atoms with E-state index < -0.39 is 0 Å². The molecule has 1 nitrogen and oxygen atoms in total. The molecule has 0 radical (unpaired) electrons. The van der Waals surface area contributed by atoms with Crippen LogP contribution in [0.5, 0.6) is 0 Å². The Balaban J connectivity index is 0.000000291. The summed E-state index contributed by atoms with van der Waals surface area (Å²) in [6.45, 7) is 21.8. The van der Waals surface area contributed by atoms with Gasteiger partial charge in [-0.15, -0.1) is 0 Å². The van der Waals surface area contributed by atoms with Crippen molar-refractivity contribution in [3.05, 3.63) is 130 Å². The fourth-order valence-electron chi connectivity index (χ4n) is 4.79. The van der Waals surface area contributed by atoms with Gasteiger partial charge in [0, 0.05) is 16.8 Å². The second-order valence-corrected chi connectivity index (χ2v) is 12.2. The maximum absolute atomic E-state index is 3.59. The fourth-order valence-corrected chi connectivity index (χ4v) is 4.79. The minimum absolute atomic E-state index is 0.0322. The molecule has 0 bridgehead atoms. The Morgan fingerprint density at radius 2 is 1.00 bits per heavy atom. The average Bonchev–Trinajstić information content (AvgIpc) is 3.12. The number of benzene rings is 4. The first-order valence-electron chi connectivity index (χ1n) is 14.1. The normalized spacial score (nSPS) is 13.0. The quantitative estimate of drug-likeness (QED) is 0.261. The molecule has 0 atom stereocenters. The molecule has 0 amide bonds. The van der Waals surface area contributed by atoms with Gasteiger partial charge >= 0.3 is 0 Å². The van der Waals surface area contributed by atoms with Crippen molar-refractivity contribution in [3.63, 3.8) is 0 Å². The molecular formula is C38H47N. The van der Waals surface area contributed by atoms with Crippen LogP contribution in [0.2, 0.25) is 0 Å². The Hall–Kier alpha value is -3.58. The molecule has 1 aliphatic rings. The van der Waals surface area contributed by atoms with Gasteiger partial charge < -0.3 is 5.32 Å². The van der Waals surface area contributed by atoms with E-state index >= 15 is 0 Å². The van der Waals surface area contributed by atoms with Gasteiger partial charge in [0.15, 0.2) is 0 Å². The Kier molecular flexibility index (Phi) is 9.62. The number of aryl methyl sites for hydroxylation is 3. The van der Waals surface area contributed by atoms with Gasteiger partial charge in [-0.25, -0.2) is 0 Å². The van der Waals surface area contributed by atoms with Crippen LogP contribution in [0, 0.1) is 20.8 Å². The summed E-state index contributed by atoms with van der Waals surface area (Å²) in [6, 6.07) is 30.9. The number of hydrogen-bond acceptors (Lipinski definition) is 1. The summed E-state index contributed by atoms with van der Waals surface area (Å²) in [5, 5.41) is 3.59. The number of hydrogen-bond donors (Lipinski definition) is 1. The van der Waals surface area contributed by atoms with Crippen LogP contribution in [0.4, 0.5) is 11.4 Å². The van der Waals surface area contributed by atoms with Gasteiger partial charge in [0.1, 0.15) is 0 Å². The molecule has 0 spiro atoms. The summed E-state index contributed by atoms with van der Waals surface area (Å²) >= 11 is 0. The molecule has 0 aromatic heterocycles. The van der Waals surface area contributed by atoms with E-state index in [1.54, 1.807) is 0 Å². The third-order valence-corrected chi connectivity index (χ3v) is 7.42. The summed E-state index contributed by atoms with van der Waals surface area (Å²) in [7, 11) is 0. The van der Waals surface area contributed by atoms with Crippen molar-refractivity contribution in [3.8, 4) is 11.1 Å². The molecule has 0 saturated heterocycles. The lowest BCUT2D eigenvalue weighted by Crippen LogP contribution is -2.15. The van der Waals surface area contributed by atoms with Crippen molar-refractivity contribution in [2.75, 3.05) is 5.32 Å². The Labute approximate surface area is 238 Å². The van der Waals surface area contributed by atoms with Crippen LogP contribution < -0.4 is 5.32 Å². The zero-order valence-corrected chi connectivity index (χ0v) is 25.7. The van der Waals surface area contributed by atoms with Crippen LogP contribution in [0.3, 0.4) is 0 Å². The molecule has 0 heterocycles. The van der Waals surface area contributed by atoms with Crippen LogP contribution in [-0.4, -0.2) is 0 Å². The van der Waals surface area contributed by atoms with E-state index in [4.69, 9.17) is 0 Å². The first-order chi connectivity index (χ1) is 18.4. The van der Waals surface area contributed by atoms with Crippen molar-refractivity contribution in [2.24, 2.45) is 0 Å². The van der Waals surface area contributed by atoms with Crippen molar-refractivity contribution < 1.29 is 0 Å². The molecule has 39 heavy (non-hydrogen) atoms. The molecule has 204 valence electrons. The molecule has 1 aliphatic carbocycles. The van der Waals surface area contributed by atoms with E-state index in [0.717, 1.165) is 11.4 Å². The number of nitrogens with one attached hydrogen (secondary N) is 1. The monoisotopic (exact) mass is 517 g/mol. The zero-order chi connectivity index (χ0) is 28.8. The van der Waals surface area contributed by atoms with Crippen LogP contribution in [0.15, 0.2) is 97.1 Å². The average molecular weight is 518 g/mol. The minimum atomic E-state index is 0.0322. The summed E-state index contributed by atoms with van der Waals surface area (Å²) < 4.78 is 0. The van der Waals surface area contributed by atoms with E-state index in [1.165, 1.54) is 44.5 Å². The zero-order valence-electron chi connectivity index (χ0n) is 25.7. The highest BCUT2D eigenvalue weighted by Gasteiger charge is 2.35. The van der Waals surface area contributed by atoms with Crippen molar-refractivity contribution in [2.45, 2.75) is 80.1 Å². The SMILES string of the molecule is C/C=C\C.Cc1ccc(C)cc1.Cc1ccc2c(c1)C(C)(C)c1cc(Nc3ccc(C(C)(C)C)cc3)ccc1-2. The first kappa shape index (κ1) is 30.0. The summed E-state index contributed by atoms with van der Waals surface area (Å²) in [5.74, 6) is 0. The molecule has 1 N–H and O–H groups in total. The molecular weight excluding hydrogens is 470 g/mol. The molecule has 5 rings (SSSR count). The molecule has 1 heteroatoms. The van der Waals surface area contributed by atoms with E-state index in [1.807, 2.05) is 26.0 Å². The number of fused-ring (bicyclic) bond motifs is 3. The van der Waals surface area contributed by atoms with Crippen LogP contribution in [0.25, 0.3) is 11.1 Å². The van der Waals surface area contributed by atoms with Crippen LogP contribution >= 0.6 is 0 Å². The molecule has 4 aromatic rings. The van der Waals surface area contributed by atoms with Gasteiger partial charge in [-0.05, 0) is 92.1 Å². The van der Waals surface area contributed by atoms with E-state index in [2.05, 4.69) is 146 Å². The van der Waals surface area contributed by atoms with Crippen LogP contribution in [-0.2, 0) is 10.8 Å². The van der Waals surface area contributed by atoms with Gasteiger partial charge in [-0.3, -0.25) is 0 Å². The third-order valence-electron chi connectivity index (χ3n) is 7.42. The summed E-state index contributed by atoms with van der Waals surface area (Å²) in [6.07, 6.45) is 4.00. The minimum Gasteiger partial charge on any atom is -0.356 e. The van der Waals surface area contributed by atoms with Gasteiger partial charge in [0.05, 0.1) is 0 Å². The fraction of sp³-hybridized carbons (Fsp3) is 0.316. The topological polar surface area (TPSA) is 12.0 Å². The van der Waals surface area contributed by atoms with Crippen molar-refractivity contribution in [1.82, 2.24) is 0 Å². The number of rotatable bonds is 2. The molecule has 4 aromatic carbocycles. The summed E-state index contributed by atoms with van der Waals surface area (Å²) in [5.41, 5.74) is 13.4.